The van der Waals surface area contributed by atoms with Gasteiger partial charge in [0.15, 0.2) is 0 Å². The van der Waals surface area contributed by atoms with Gasteiger partial charge in [0.1, 0.15) is 5.82 Å². The fourth-order valence-corrected chi connectivity index (χ4v) is 2.18. The molecule has 0 aliphatic heterocycles. The number of nitrogens with one attached hydrogen (secondary N) is 1. The lowest BCUT2D eigenvalue weighted by Crippen LogP contribution is -2.13. The van der Waals surface area contributed by atoms with Crippen molar-refractivity contribution in [3.05, 3.63) is 65.5 Å². The highest BCUT2D eigenvalue weighted by atomic mass is 19.1. The van der Waals surface area contributed by atoms with E-state index >= 15 is 0 Å². The van der Waals surface area contributed by atoms with Crippen molar-refractivity contribution in [2.75, 3.05) is 5.32 Å². The van der Waals surface area contributed by atoms with E-state index in [-0.39, 0.29) is 5.56 Å². The first-order valence-electron chi connectivity index (χ1n) is 7.35. The number of hydrogen-bond donors (Lipinski definition) is 1. The molecule has 0 heterocycles. The summed E-state index contributed by atoms with van der Waals surface area (Å²) in [5, 5.41) is 2.71. The van der Waals surface area contributed by atoms with Crippen LogP contribution >= 0.6 is 0 Å². The largest absolute Gasteiger partial charge is 0.322 e. The van der Waals surface area contributed by atoms with Crippen molar-refractivity contribution < 1.29 is 9.18 Å². The molecule has 0 saturated heterocycles. The van der Waals surface area contributed by atoms with Gasteiger partial charge in [0.2, 0.25) is 0 Å². The molecule has 0 bridgehead atoms. The van der Waals surface area contributed by atoms with Gasteiger partial charge in [0.25, 0.3) is 5.91 Å². The number of anilines is 1. The van der Waals surface area contributed by atoms with Gasteiger partial charge in [0.05, 0.1) is 5.56 Å². The molecular formula is C18H20FNO. The Hall–Kier alpha value is -2.16. The number of benzene rings is 2. The van der Waals surface area contributed by atoms with E-state index in [2.05, 4.69) is 12.2 Å². The normalized spacial score (nSPS) is 10.4. The highest BCUT2D eigenvalue weighted by molar-refractivity contribution is 6.04. The number of halogens is 1. The highest BCUT2D eigenvalue weighted by Gasteiger charge is 2.10. The standard InChI is InChI=1S/C18H20FNO/c1-2-3-4-7-14-10-12-15(13-11-14)20-18(21)16-8-5-6-9-17(16)19/h5-6,8-13H,2-4,7H2,1H3,(H,20,21). The summed E-state index contributed by atoms with van der Waals surface area (Å²) >= 11 is 0. The van der Waals surface area contributed by atoms with Crippen LogP contribution in [0.2, 0.25) is 0 Å². The average molecular weight is 285 g/mol. The van der Waals surface area contributed by atoms with E-state index in [4.69, 9.17) is 0 Å². The molecule has 3 heteroatoms. The molecule has 2 aromatic carbocycles. The second kappa shape index (κ2) is 7.58. The maximum absolute atomic E-state index is 13.5. The van der Waals surface area contributed by atoms with Crippen molar-refractivity contribution in [2.45, 2.75) is 32.6 Å². The van der Waals surface area contributed by atoms with Crippen LogP contribution in [0.5, 0.6) is 0 Å². The van der Waals surface area contributed by atoms with E-state index in [0.717, 1.165) is 6.42 Å². The fraction of sp³-hybridized carbons (Fsp3) is 0.278. The van der Waals surface area contributed by atoms with Crippen LogP contribution in [0.3, 0.4) is 0 Å². The van der Waals surface area contributed by atoms with Gasteiger partial charge < -0.3 is 5.32 Å². The monoisotopic (exact) mass is 285 g/mol. The summed E-state index contributed by atoms with van der Waals surface area (Å²) in [6, 6.07) is 13.7. The maximum Gasteiger partial charge on any atom is 0.258 e. The molecule has 0 atom stereocenters. The third-order valence-corrected chi connectivity index (χ3v) is 3.40. The minimum Gasteiger partial charge on any atom is -0.322 e. The van der Waals surface area contributed by atoms with Gasteiger partial charge in [-0.15, -0.1) is 0 Å². The van der Waals surface area contributed by atoms with Gasteiger partial charge >= 0.3 is 0 Å². The average Bonchev–Trinajstić information content (AvgIpc) is 2.49. The predicted molar refractivity (Wildman–Crippen MR) is 84.0 cm³/mol. The van der Waals surface area contributed by atoms with Crippen LogP contribution in [0.4, 0.5) is 10.1 Å². The Morgan fingerprint density at radius 3 is 2.43 bits per heavy atom. The quantitative estimate of drug-likeness (QED) is 0.758. The maximum atomic E-state index is 13.5. The lowest BCUT2D eigenvalue weighted by Gasteiger charge is -2.07. The van der Waals surface area contributed by atoms with Crippen molar-refractivity contribution in [2.24, 2.45) is 0 Å². The molecule has 0 aromatic heterocycles. The van der Waals surface area contributed by atoms with E-state index in [1.165, 1.54) is 37.0 Å². The van der Waals surface area contributed by atoms with Gasteiger partial charge in [-0.05, 0) is 42.7 Å². The molecule has 0 unspecified atom stereocenters. The summed E-state index contributed by atoms with van der Waals surface area (Å²) in [4.78, 5) is 12.0. The summed E-state index contributed by atoms with van der Waals surface area (Å²) in [5.74, 6) is -0.932. The smallest absolute Gasteiger partial charge is 0.258 e. The van der Waals surface area contributed by atoms with Gasteiger partial charge in [-0.2, -0.15) is 0 Å². The van der Waals surface area contributed by atoms with Crippen LogP contribution in [-0.4, -0.2) is 5.91 Å². The number of amides is 1. The van der Waals surface area contributed by atoms with E-state index < -0.39 is 11.7 Å². The predicted octanol–water partition coefficient (Wildman–Crippen LogP) is 4.81. The zero-order valence-corrected chi connectivity index (χ0v) is 12.2. The lowest BCUT2D eigenvalue weighted by molar-refractivity contribution is 0.102. The molecule has 2 rings (SSSR count). The molecule has 0 aliphatic carbocycles. The SMILES string of the molecule is CCCCCc1ccc(NC(=O)c2ccccc2F)cc1. The van der Waals surface area contributed by atoms with Crippen LogP contribution < -0.4 is 5.32 Å². The summed E-state index contributed by atoms with van der Waals surface area (Å²) in [6.07, 6.45) is 4.66. The van der Waals surface area contributed by atoms with E-state index in [1.54, 1.807) is 12.1 Å². The summed E-state index contributed by atoms with van der Waals surface area (Å²) in [7, 11) is 0. The van der Waals surface area contributed by atoms with Crippen molar-refractivity contribution >= 4 is 11.6 Å². The first-order chi connectivity index (χ1) is 10.2. The summed E-state index contributed by atoms with van der Waals surface area (Å²) < 4.78 is 13.5. The van der Waals surface area contributed by atoms with Crippen LogP contribution in [0.25, 0.3) is 0 Å². The first kappa shape index (κ1) is 15.2. The molecule has 1 N–H and O–H groups in total. The second-order valence-corrected chi connectivity index (χ2v) is 5.09. The molecule has 21 heavy (non-hydrogen) atoms. The molecule has 1 amide bonds. The first-order valence-corrected chi connectivity index (χ1v) is 7.35. The molecular weight excluding hydrogens is 265 g/mol. The number of carbonyl (C=O) groups excluding carboxylic acids is 1. The highest BCUT2D eigenvalue weighted by Crippen LogP contribution is 2.14. The topological polar surface area (TPSA) is 29.1 Å². The number of rotatable bonds is 6. The van der Waals surface area contributed by atoms with Gasteiger partial charge in [0, 0.05) is 5.69 Å². The third-order valence-electron chi connectivity index (χ3n) is 3.40. The number of aryl methyl sites for hydroxylation is 1. The van der Waals surface area contributed by atoms with Crippen molar-refractivity contribution in [3.63, 3.8) is 0 Å². The van der Waals surface area contributed by atoms with E-state index in [0.29, 0.717) is 5.69 Å². The molecule has 0 fully saturated rings. The number of hydrogen-bond acceptors (Lipinski definition) is 1. The van der Waals surface area contributed by atoms with Crippen LogP contribution in [0.1, 0.15) is 42.1 Å². The molecule has 0 spiro atoms. The van der Waals surface area contributed by atoms with Crippen LogP contribution in [-0.2, 0) is 6.42 Å². The van der Waals surface area contributed by atoms with Crippen molar-refractivity contribution in [1.29, 1.82) is 0 Å². The van der Waals surface area contributed by atoms with Crippen LogP contribution in [0, 0.1) is 5.82 Å². The zero-order chi connectivity index (χ0) is 15.1. The Morgan fingerprint density at radius 2 is 1.76 bits per heavy atom. The molecule has 2 nitrogen and oxygen atoms in total. The Morgan fingerprint density at radius 1 is 1.05 bits per heavy atom. The molecule has 0 radical (unpaired) electrons. The van der Waals surface area contributed by atoms with Gasteiger partial charge in [-0.25, -0.2) is 4.39 Å². The summed E-state index contributed by atoms with van der Waals surface area (Å²) in [5.41, 5.74) is 2.00. The Labute approximate surface area is 125 Å². The lowest BCUT2D eigenvalue weighted by atomic mass is 10.1. The van der Waals surface area contributed by atoms with Gasteiger partial charge in [-0.3, -0.25) is 4.79 Å². The third kappa shape index (κ3) is 4.42. The Balaban J connectivity index is 1.97. The van der Waals surface area contributed by atoms with Gasteiger partial charge in [-0.1, -0.05) is 44.0 Å². The molecule has 2 aromatic rings. The minimum atomic E-state index is -0.508. The minimum absolute atomic E-state index is 0.0597. The number of carbonyl (C=O) groups is 1. The second-order valence-electron chi connectivity index (χ2n) is 5.09. The Bertz CT molecular complexity index is 592. The van der Waals surface area contributed by atoms with Crippen molar-refractivity contribution in [1.82, 2.24) is 0 Å². The number of unbranched alkanes of at least 4 members (excludes halogenated alkanes) is 2. The fourth-order valence-electron chi connectivity index (χ4n) is 2.18. The zero-order valence-electron chi connectivity index (χ0n) is 12.2. The Kier molecular flexibility index (Phi) is 5.50. The molecule has 0 aliphatic rings. The van der Waals surface area contributed by atoms with E-state index in [1.807, 2.05) is 24.3 Å². The summed E-state index contributed by atoms with van der Waals surface area (Å²) in [6.45, 7) is 2.18. The van der Waals surface area contributed by atoms with Crippen molar-refractivity contribution in [3.8, 4) is 0 Å². The molecule has 0 saturated carbocycles. The molecule has 110 valence electrons. The van der Waals surface area contributed by atoms with Crippen LogP contribution in [0.15, 0.2) is 48.5 Å². The van der Waals surface area contributed by atoms with E-state index in [9.17, 15) is 9.18 Å².